The van der Waals surface area contributed by atoms with Crippen molar-refractivity contribution < 1.29 is 22.4 Å². The van der Waals surface area contributed by atoms with Gasteiger partial charge in [-0.25, -0.2) is 13.8 Å². The van der Waals surface area contributed by atoms with Crippen molar-refractivity contribution in [3.05, 3.63) is 87.2 Å². The van der Waals surface area contributed by atoms with Crippen LogP contribution in [0.4, 0.5) is 17.6 Å². The summed E-state index contributed by atoms with van der Waals surface area (Å²) in [4.78, 5) is 25.1. The van der Waals surface area contributed by atoms with Crippen LogP contribution in [0.25, 0.3) is 16.6 Å². The number of hydrogen-bond acceptors (Lipinski definition) is 4. The summed E-state index contributed by atoms with van der Waals surface area (Å²) in [5.41, 5.74) is -0.348. The van der Waals surface area contributed by atoms with E-state index < -0.39 is 17.3 Å². The topological polar surface area (TPSA) is 81.8 Å². The molecule has 36 heavy (non-hydrogen) atoms. The minimum atomic E-state index is -4.48. The summed E-state index contributed by atoms with van der Waals surface area (Å²) in [5.74, 6) is -0.603. The van der Waals surface area contributed by atoms with E-state index in [-0.39, 0.29) is 52.5 Å². The smallest absolute Gasteiger partial charge is 0.350 e. The van der Waals surface area contributed by atoms with Crippen molar-refractivity contribution in [2.45, 2.75) is 38.5 Å². The van der Waals surface area contributed by atoms with E-state index in [9.17, 15) is 27.2 Å². The van der Waals surface area contributed by atoms with Gasteiger partial charge in [-0.2, -0.15) is 23.4 Å². The molecule has 0 bridgehead atoms. The van der Waals surface area contributed by atoms with E-state index in [1.807, 2.05) is 0 Å². The van der Waals surface area contributed by atoms with Gasteiger partial charge in [0.25, 0.3) is 5.56 Å². The number of fused-ring (bicyclic) bond motifs is 1. The molecule has 0 saturated heterocycles. The summed E-state index contributed by atoms with van der Waals surface area (Å²) in [6, 6.07) is 9.71. The first-order valence-corrected chi connectivity index (χ1v) is 11.3. The van der Waals surface area contributed by atoms with Crippen LogP contribution in [0.5, 0.6) is 0 Å². The highest BCUT2D eigenvalue weighted by Gasteiger charge is 2.30. The second-order valence-electron chi connectivity index (χ2n) is 8.13. The zero-order valence-corrected chi connectivity index (χ0v) is 19.6. The van der Waals surface area contributed by atoms with Crippen molar-refractivity contribution in [1.82, 2.24) is 24.9 Å². The summed E-state index contributed by atoms with van der Waals surface area (Å²) in [7, 11) is 0. The van der Waals surface area contributed by atoms with Gasteiger partial charge in [0.1, 0.15) is 11.0 Å². The molecular weight excluding hydrogens is 502 g/mol. The molecule has 7 nitrogen and oxygen atoms in total. The summed E-state index contributed by atoms with van der Waals surface area (Å²) in [5, 5.41) is 11.4. The second-order valence-corrected chi connectivity index (χ2v) is 8.48. The van der Waals surface area contributed by atoms with Crippen molar-refractivity contribution in [2.75, 3.05) is 0 Å². The number of halogens is 5. The van der Waals surface area contributed by atoms with E-state index in [0.717, 1.165) is 22.4 Å². The van der Waals surface area contributed by atoms with Gasteiger partial charge in [0, 0.05) is 13.0 Å². The number of aromatic nitrogens is 4. The van der Waals surface area contributed by atoms with Crippen LogP contribution >= 0.6 is 11.6 Å². The SMILES string of the molecule is CC(NC(=O)CCCn1ncc2c(Cl)n(-c3ccc(C(F)(F)F)cc3)nc2c1=O)c1ccc(F)cc1. The van der Waals surface area contributed by atoms with E-state index in [2.05, 4.69) is 15.5 Å². The fraction of sp³-hybridized carbons (Fsp3) is 0.250. The molecule has 0 saturated carbocycles. The van der Waals surface area contributed by atoms with Crippen LogP contribution in [-0.2, 0) is 17.5 Å². The fourth-order valence-corrected chi connectivity index (χ4v) is 3.92. The first-order chi connectivity index (χ1) is 17.0. The quantitative estimate of drug-likeness (QED) is 0.345. The number of carbonyl (C=O) groups is 1. The maximum Gasteiger partial charge on any atom is 0.416 e. The van der Waals surface area contributed by atoms with E-state index >= 15 is 0 Å². The average Bonchev–Trinajstić information content (AvgIpc) is 3.17. The lowest BCUT2D eigenvalue weighted by atomic mass is 10.1. The molecule has 0 spiro atoms. The highest BCUT2D eigenvalue weighted by atomic mass is 35.5. The van der Waals surface area contributed by atoms with E-state index in [4.69, 9.17) is 11.6 Å². The van der Waals surface area contributed by atoms with Gasteiger partial charge in [-0.15, -0.1) is 0 Å². The van der Waals surface area contributed by atoms with Gasteiger partial charge in [0.15, 0.2) is 5.52 Å². The molecule has 1 amide bonds. The monoisotopic (exact) mass is 521 g/mol. The number of alkyl halides is 3. The van der Waals surface area contributed by atoms with E-state index in [1.165, 1.54) is 35.1 Å². The zero-order chi connectivity index (χ0) is 26.0. The first-order valence-electron chi connectivity index (χ1n) is 10.9. The second kappa shape index (κ2) is 10.1. The molecule has 0 aliphatic carbocycles. The summed E-state index contributed by atoms with van der Waals surface area (Å²) in [6.45, 7) is 1.92. The van der Waals surface area contributed by atoms with Crippen molar-refractivity contribution in [1.29, 1.82) is 0 Å². The van der Waals surface area contributed by atoms with Crippen molar-refractivity contribution in [2.24, 2.45) is 0 Å². The third kappa shape index (κ3) is 5.40. The highest BCUT2D eigenvalue weighted by Crippen LogP contribution is 2.30. The molecule has 2 aromatic carbocycles. The Morgan fingerprint density at radius 2 is 1.78 bits per heavy atom. The van der Waals surface area contributed by atoms with Crippen LogP contribution in [0.3, 0.4) is 0 Å². The molecule has 0 aliphatic heterocycles. The Balaban J connectivity index is 1.43. The molecule has 1 unspecified atom stereocenters. The Hall–Kier alpha value is -3.73. The van der Waals surface area contributed by atoms with Gasteiger partial charge >= 0.3 is 6.18 Å². The van der Waals surface area contributed by atoms with Gasteiger partial charge in [-0.05, 0) is 55.3 Å². The number of rotatable bonds is 7. The fourth-order valence-electron chi connectivity index (χ4n) is 3.64. The lowest BCUT2D eigenvalue weighted by Gasteiger charge is -2.14. The Kier molecular flexibility index (Phi) is 7.11. The van der Waals surface area contributed by atoms with Crippen molar-refractivity contribution in [3.8, 4) is 5.69 Å². The molecule has 0 radical (unpaired) electrons. The van der Waals surface area contributed by atoms with Gasteiger partial charge in [0.2, 0.25) is 5.91 Å². The van der Waals surface area contributed by atoms with E-state index in [0.29, 0.717) is 6.42 Å². The largest absolute Gasteiger partial charge is 0.416 e. The number of amides is 1. The minimum Gasteiger partial charge on any atom is -0.350 e. The number of hydrogen-bond donors (Lipinski definition) is 1. The highest BCUT2D eigenvalue weighted by molar-refractivity contribution is 6.34. The van der Waals surface area contributed by atoms with Crippen molar-refractivity contribution >= 4 is 28.4 Å². The Morgan fingerprint density at radius 3 is 2.42 bits per heavy atom. The third-order valence-corrected chi connectivity index (χ3v) is 5.95. The van der Waals surface area contributed by atoms with Crippen LogP contribution < -0.4 is 10.9 Å². The zero-order valence-electron chi connectivity index (χ0n) is 18.9. The molecule has 4 aromatic rings. The molecule has 2 heterocycles. The van der Waals surface area contributed by atoms with Crippen LogP contribution in [0.2, 0.25) is 5.15 Å². The maximum atomic E-state index is 13.1. The Morgan fingerprint density at radius 1 is 1.11 bits per heavy atom. The van der Waals surface area contributed by atoms with Gasteiger partial charge in [-0.3, -0.25) is 9.59 Å². The first kappa shape index (κ1) is 25.4. The number of nitrogens with one attached hydrogen (secondary N) is 1. The molecule has 0 fully saturated rings. The maximum absolute atomic E-state index is 13.1. The number of carbonyl (C=O) groups excluding carboxylic acids is 1. The predicted molar refractivity (Wildman–Crippen MR) is 125 cm³/mol. The van der Waals surface area contributed by atoms with Crippen LogP contribution in [0, 0.1) is 5.82 Å². The normalized spacial score (nSPS) is 12.6. The molecule has 2 aromatic heterocycles. The number of benzene rings is 2. The Bertz CT molecular complexity index is 1450. The van der Waals surface area contributed by atoms with Crippen LogP contribution in [0.1, 0.15) is 36.9 Å². The lowest BCUT2D eigenvalue weighted by Crippen LogP contribution is -2.28. The van der Waals surface area contributed by atoms with E-state index in [1.54, 1.807) is 19.1 Å². The molecule has 4 rings (SSSR count). The minimum absolute atomic E-state index is 0.00396. The van der Waals surface area contributed by atoms with Crippen LogP contribution in [-0.4, -0.2) is 25.5 Å². The van der Waals surface area contributed by atoms with Crippen LogP contribution in [0.15, 0.2) is 59.5 Å². The number of nitrogens with zero attached hydrogens (tertiary/aromatic N) is 4. The standard InChI is InChI=1S/C24H20ClF4N5O2/c1-14(15-4-8-17(26)9-5-15)31-20(35)3-2-12-33-23(36)21-19(13-30-33)22(25)34(32-21)18-10-6-16(7-11-18)24(27,28)29/h4-11,13-14H,2-3,12H2,1H3,(H,31,35). The molecule has 0 aliphatic rings. The average molecular weight is 522 g/mol. The third-order valence-electron chi connectivity index (χ3n) is 5.59. The van der Waals surface area contributed by atoms with Crippen molar-refractivity contribution in [3.63, 3.8) is 0 Å². The molecule has 1 N–H and O–H groups in total. The molecule has 12 heteroatoms. The summed E-state index contributed by atoms with van der Waals surface area (Å²) in [6.07, 6.45) is -2.69. The van der Waals surface area contributed by atoms with Gasteiger partial charge < -0.3 is 5.32 Å². The number of aryl methyl sites for hydroxylation is 1. The lowest BCUT2D eigenvalue weighted by molar-refractivity contribution is -0.137. The van der Waals surface area contributed by atoms with Gasteiger partial charge in [-0.1, -0.05) is 23.7 Å². The molecule has 1 atom stereocenters. The summed E-state index contributed by atoms with van der Waals surface area (Å²) >= 11 is 6.32. The summed E-state index contributed by atoms with van der Waals surface area (Å²) < 4.78 is 53.9. The predicted octanol–water partition coefficient (Wildman–Crippen LogP) is 5.05. The van der Waals surface area contributed by atoms with Gasteiger partial charge in [0.05, 0.1) is 28.9 Å². The Labute approximate surface area is 207 Å². The molecular formula is C24H20ClF4N5O2. The molecule has 188 valence electrons.